The molecule has 0 unspecified atom stereocenters. The van der Waals surface area contributed by atoms with Gasteiger partial charge >= 0.3 is 5.97 Å². The highest BCUT2D eigenvalue weighted by atomic mass is 16.5. The molecule has 0 saturated heterocycles. The maximum atomic E-state index is 11.1. The number of cyclic esters (lactones) is 1. The Morgan fingerprint density at radius 2 is 2.33 bits per heavy atom. The van der Waals surface area contributed by atoms with Crippen LogP contribution in [0.25, 0.3) is 0 Å². The molecule has 2 heteroatoms. The van der Waals surface area contributed by atoms with Crippen LogP contribution in [0.4, 0.5) is 0 Å². The number of esters is 1. The molecule has 0 N–H and O–H groups in total. The van der Waals surface area contributed by atoms with Gasteiger partial charge in [0.25, 0.3) is 0 Å². The van der Waals surface area contributed by atoms with Crippen molar-refractivity contribution in [1.29, 1.82) is 0 Å². The van der Waals surface area contributed by atoms with Gasteiger partial charge in [-0.1, -0.05) is 6.08 Å². The van der Waals surface area contributed by atoms with Crippen LogP contribution in [0.2, 0.25) is 0 Å². The zero-order valence-corrected chi connectivity index (χ0v) is 6.76. The Morgan fingerprint density at radius 3 is 3.17 bits per heavy atom. The van der Waals surface area contributed by atoms with Crippen molar-refractivity contribution in [3.8, 4) is 0 Å². The van der Waals surface area contributed by atoms with E-state index < -0.39 is 0 Å². The molecule has 2 rings (SSSR count). The van der Waals surface area contributed by atoms with Gasteiger partial charge in [0, 0.05) is 5.57 Å². The first kappa shape index (κ1) is 7.14. The van der Waals surface area contributed by atoms with Crippen molar-refractivity contribution in [3.05, 3.63) is 40.7 Å². The normalized spacial score (nSPS) is 20.4. The van der Waals surface area contributed by atoms with Gasteiger partial charge in [-0.25, -0.2) is 4.79 Å². The van der Waals surface area contributed by atoms with Crippen molar-refractivity contribution in [1.82, 2.24) is 0 Å². The summed E-state index contributed by atoms with van der Waals surface area (Å²) in [6, 6.07) is 0. The third-order valence-electron chi connectivity index (χ3n) is 1.90. The van der Waals surface area contributed by atoms with Crippen LogP contribution in [0.5, 0.6) is 0 Å². The van der Waals surface area contributed by atoms with Crippen LogP contribution in [0, 0.1) is 0 Å². The molecule has 0 amide bonds. The van der Waals surface area contributed by atoms with Gasteiger partial charge < -0.3 is 4.74 Å². The first-order valence-corrected chi connectivity index (χ1v) is 3.79. The van der Waals surface area contributed by atoms with Crippen LogP contribution in [-0.2, 0) is 9.53 Å². The second-order valence-electron chi connectivity index (χ2n) is 2.82. The summed E-state index contributed by atoms with van der Waals surface area (Å²) >= 11 is 0. The van der Waals surface area contributed by atoms with Gasteiger partial charge in [-0.15, -0.1) is 5.73 Å². The van der Waals surface area contributed by atoms with Gasteiger partial charge in [0.1, 0.15) is 6.61 Å². The number of carbonyl (C=O) groups is 1. The van der Waals surface area contributed by atoms with E-state index in [0.29, 0.717) is 12.2 Å². The molecule has 2 nitrogen and oxygen atoms in total. The summed E-state index contributed by atoms with van der Waals surface area (Å²) in [6.07, 6.45) is 5.47. The summed E-state index contributed by atoms with van der Waals surface area (Å²) < 4.78 is 4.85. The highest BCUT2D eigenvalue weighted by molar-refractivity contribution is 5.95. The molecule has 1 aliphatic heterocycles. The Bertz CT molecular complexity index is 363. The lowest BCUT2D eigenvalue weighted by molar-refractivity contribution is -0.135. The van der Waals surface area contributed by atoms with E-state index in [1.165, 1.54) is 0 Å². The molecule has 60 valence electrons. The van der Waals surface area contributed by atoms with E-state index in [1.54, 1.807) is 6.08 Å². The van der Waals surface area contributed by atoms with E-state index in [2.05, 4.69) is 5.73 Å². The first-order valence-electron chi connectivity index (χ1n) is 3.79. The largest absolute Gasteiger partial charge is 0.457 e. The van der Waals surface area contributed by atoms with Crippen molar-refractivity contribution >= 4 is 5.97 Å². The Balaban J connectivity index is 2.50. The predicted molar refractivity (Wildman–Crippen MR) is 44.4 cm³/mol. The fraction of sp³-hybridized carbons (Fsp3) is 0.200. The van der Waals surface area contributed by atoms with Gasteiger partial charge in [0.2, 0.25) is 0 Å². The summed E-state index contributed by atoms with van der Waals surface area (Å²) in [5, 5.41) is 0. The zero-order chi connectivity index (χ0) is 8.55. The molecule has 0 saturated carbocycles. The van der Waals surface area contributed by atoms with Crippen LogP contribution in [-0.4, -0.2) is 12.6 Å². The molecule has 1 aliphatic carbocycles. The molecule has 0 radical (unpaired) electrons. The van der Waals surface area contributed by atoms with E-state index in [-0.39, 0.29) is 5.97 Å². The molecule has 2 aliphatic rings. The van der Waals surface area contributed by atoms with Gasteiger partial charge in [-0.2, -0.15) is 0 Å². The Labute approximate surface area is 70.5 Å². The third-order valence-corrected chi connectivity index (χ3v) is 1.90. The SMILES string of the molecule is CC1=C=CC2=C(C=C1)C(=O)OC2. The molecule has 0 atom stereocenters. The summed E-state index contributed by atoms with van der Waals surface area (Å²) in [4.78, 5) is 11.1. The average Bonchev–Trinajstić information content (AvgIpc) is 2.28. The van der Waals surface area contributed by atoms with Crippen LogP contribution >= 0.6 is 0 Å². The standard InChI is InChI=1S/C10H8O2/c1-7-2-4-8-6-12-10(11)9(8)5-3-7/h3-5H,6H2,1H3. The second kappa shape index (κ2) is 2.50. The molecular weight excluding hydrogens is 152 g/mol. The molecule has 12 heavy (non-hydrogen) atoms. The number of rotatable bonds is 0. The molecular formula is C10H8O2. The number of ether oxygens (including phenoxy) is 1. The van der Waals surface area contributed by atoms with Crippen molar-refractivity contribution < 1.29 is 9.53 Å². The monoisotopic (exact) mass is 160 g/mol. The number of allylic oxidation sites excluding steroid dienone is 1. The summed E-state index contributed by atoms with van der Waals surface area (Å²) in [5.74, 6) is -0.228. The number of hydrogen-bond acceptors (Lipinski definition) is 2. The van der Waals surface area contributed by atoms with Crippen LogP contribution < -0.4 is 0 Å². The second-order valence-corrected chi connectivity index (χ2v) is 2.82. The van der Waals surface area contributed by atoms with Crippen LogP contribution in [0.1, 0.15) is 6.92 Å². The smallest absolute Gasteiger partial charge is 0.338 e. The molecule has 1 heterocycles. The van der Waals surface area contributed by atoms with E-state index in [9.17, 15) is 4.79 Å². The number of hydrogen-bond donors (Lipinski definition) is 0. The minimum atomic E-state index is -0.228. The summed E-state index contributed by atoms with van der Waals surface area (Å²) in [6.45, 7) is 2.33. The third kappa shape index (κ3) is 1.03. The fourth-order valence-corrected chi connectivity index (χ4v) is 1.18. The predicted octanol–water partition coefficient (Wildman–Crippen LogP) is 1.51. The van der Waals surface area contributed by atoms with Crippen molar-refractivity contribution in [2.45, 2.75) is 6.92 Å². The van der Waals surface area contributed by atoms with E-state index in [1.807, 2.05) is 19.1 Å². The minimum absolute atomic E-state index is 0.228. The molecule has 0 aromatic heterocycles. The minimum Gasteiger partial charge on any atom is -0.457 e. The van der Waals surface area contributed by atoms with Gasteiger partial charge in [0.15, 0.2) is 0 Å². The quantitative estimate of drug-likeness (QED) is 0.396. The number of carbonyl (C=O) groups excluding carboxylic acids is 1. The molecule has 0 fully saturated rings. The Morgan fingerprint density at radius 1 is 1.50 bits per heavy atom. The molecule has 0 bridgehead atoms. The lowest BCUT2D eigenvalue weighted by atomic mass is 10.1. The van der Waals surface area contributed by atoms with Gasteiger partial charge in [-0.3, -0.25) is 0 Å². The van der Waals surface area contributed by atoms with Crippen molar-refractivity contribution in [2.75, 3.05) is 6.61 Å². The average molecular weight is 160 g/mol. The van der Waals surface area contributed by atoms with Gasteiger partial charge in [0.05, 0.1) is 5.57 Å². The molecule has 0 aromatic rings. The molecule has 0 spiro atoms. The topological polar surface area (TPSA) is 26.3 Å². The molecule has 0 aromatic carbocycles. The van der Waals surface area contributed by atoms with Crippen molar-refractivity contribution in [2.24, 2.45) is 0 Å². The van der Waals surface area contributed by atoms with E-state index >= 15 is 0 Å². The highest BCUT2D eigenvalue weighted by Crippen LogP contribution is 2.20. The summed E-state index contributed by atoms with van der Waals surface area (Å²) in [7, 11) is 0. The van der Waals surface area contributed by atoms with Crippen molar-refractivity contribution in [3.63, 3.8) is 0 Å². The maximum absolute atomic E-state index is 11.1. The zero-order valence-electron chi connectivity index (χ0n) is 6.76. The van der Waals surface area contributed by atoms with E-state index in [4.69, 9.17) is 4.74 Å². The lowest BCUT2D eigenvalue weighted by Gasteiger charge is -1.89. The van der Waals surface area contributed by atoms with E-state index in [0.717, 1.165) is 11.1 Å². The van der Waals surface area contributed by atoms with Gasteiger partial charge in [-0.05, 0) is 24.6 Å². The summed E-state index contributed by atoms with van der Waals surface area (Å²) in [5.41, 5.74) is 5.67. The van der Waals surface area contributed by atoms with Crippen LogP contribution in [0.15, 0.2) is 40.7 Å². The fourth-order valence-electron chi connectivity index (χ4n) is 1.18. The van der Waals surface area contributed by atoms with Crippen LogP contribution in [0.3, 0.4) is 0 Å². The first-order chi connectivity index (χ1) is 5.77. The highest BCUT2D eigenvalue weighted by Gasteiger charge is 2.21. The lowest BCUT2D eigenvalue weighted by Crippen LogP contribution is -1.96. The Hall–Kier alpha value is -1.53. The maximum Gasteiger partial charge on any atom is 0.338 e. The Kier molecular flexibility index (Phi) is 1.49.